The molecule has 5 heteroatoms. The Balaban J connectivity index is 0.00000225. The molecule has 0 spiro atoms. The van der Waals surface area contributed by atoms with Gasteiger partial charge in [-0.15, -0.1) is 12.4 Å². The molecule has 1 aromatic rings. The van der Waals surface area contributed by atoms with Crippen LogP contribution in [-0.2, 0) is 0 Å². The van der Waals surface area contributed by atoms with Gasteiger partial charge < -0.3 is 5.73 Å². The summed E-state index contributed by atoms with van der Waals surface area (Å²) in [6.07, 6.45) is 0. The first-order valence-corrected chi connectivity index (χ1v) is 4.63. The van der Waals surface area contributed by atoms with Gasteiger partial charge in [-0.05, 0) is 23.1 Å². The van der Waals surface area contributed by atoms with E-state index in [1.165, 1.54) is 0 Å². The van der Waals surface area contributed by atoms with Crippen LogP contribution in [0.25, 0.3) is 0 Å². The third-order valence-corrected chi connectivity index (χ3v) is 2.30. The number of hydrogen-bond donors (Lipinski definition) is 1. The first kappa shape index (κ1) is 15.3. The minimum Gasteiger partial charge on any atom is -0.324 e. The van der Waals surface area contributed by atoms with Crippen molar-refractivity contribution in [2.45, 2.75) is 26.8 Å². The van der Waals surface area contributed by atoms with Crippen LogP contribution in [0.1, 0.15) is 32.4 Å². The summed E-state index contributed by atoms with van der Waals surface area (Å²) in [5.74, 6) is -3.87. The van der Waals surface area contributed by atoms with Gasteiger partial charge >= 0.3 is 0 Å². The summed E-state index contributed by atoms with van der Waals surface area (Å²) < 4.78 is 38.5. The summed E-state index contributed by atoms with van der Waals surface area (Å²) in [5.41, 5.74) is 5.73. The van der Waals surface area contributed by atoms with Crippen LogP contribution in [0.3, 0.4) is 0 Å². The van der Waals surface area contributed by atoms with Crippen molar-refractivity contribution in [3.8, 4) is 0 Å². The fourth-order valence-electron chi connectivity index (χ4n) is 1.25. The Kier molecular flexibility index (Phi) is 4.83. The zero-order chi connectivity index (χ0) is 11.8. The third-order valence-electron chi connectivity index (χ3n) is 2.30. The molecule has 0 heterocycles. The highest BCUT2D eigenvalue weighted by Crippen LogP contribution is 2.31. The van der Waals surface area contributed by atoms with Crippen molar-refractivity contribution in [3.05, 3.63) is 35.1 Å². The molecule has 92 valence electrons. The standard InChI is InChI=1S/C11H14F3N.ClH/c1-11(2,3)10(15)6-4-7(12)9(14)8(13)5-6;/h4-5,10H,15H2,1-3H3;1H/t10-;/m0./s1. The third kappa shape index (κ3) is 3.12. The van der Waals surface area contributed by atoms with E-state index in [1.54, 1.807) is 0 Å². The molecule has 0 bridgehead atoms. The molecule has 0 saturated heterocycles. The van der Waals surface area contributed by atoms with Gasteiger partial charge in [0.05, 0.1) is 0 Å². The van der Waals surface area contributed by atoms with Crippen LogP contribution in [0.2, 0.25) is 0 Å². The predicted molar refractivity (Wildman–Crippen MR) is 59.9 cm³/mol. The molecule has 0 aliphatic heterocycles. The van der Waals surface area contributed by atoms with E-state index in [-0.39, 0.29) is 23.4 Å². The maximum atomic E-state index is 12.9. The van der Waals surface area contributed by atoms with E-state index in [1.807, 2.05) is 20.8 Å². The summed E-state index contributed by atoms with van der Waals surface area (Å²) in [4.78, 5) is 0. The van der Waals surface area contributed by atoms with Gasteiger partial charge in [-0.1, -0.05) is 20.8 Å². The average Bonchev–Trinajstić information content (AvgIpc) is 2.10. The molecule has 1 aromatic carbocycles. The molecular formula is C11H15ClF3N. The molecule has 0 aliphatic carbocycles. The van der Waals surface area contributed by atoms with Crippen molar-refractivity contribution in [2.75, 3.05) is 0 Å². The van der Waals surface area contributed by atoms with Gasteiger partial charge in [-0.25, -0.2) is 13.2 Å². The van der Waals surface area contributed by atoms with Crippen LogP contribution in [0.15, 0.2) is 12.1 Å². The summed E-state index contributed by atoms with van der Waals surface area (Å²) >= 11 is 0. The molecule has 0 radical (unpaired) electrons. The zero-order valence-corrected chi connectivity index (χ0v) is 10.2. The fourth-order valence-corrected chi connectivity index (χ4v) is 1.25. The molecule has 0 amide bonds. The van der Waals surface area contributed by atoms with Crippen molar-refractivity contribution >= 4 is 12.4 Å². The number of hydrogen-bond acceptors (Lipinski definition) is 1. The number of nitrogens with two attached hydrogens (primary N) is 1. The Bertz CT molecular complexity index is 351. The van der Waals surface area contributed by atoms with Crippen LogP contribution in [0.4, 0.5) is 13.2 Å². The smallest absolute Gasteiger partial charge is 0.194 e. The van der Waals surface area contributed by atoms with E-state index in [0.29, 0.717) is 0 Å². The van der Waals surface area contributed by atoms with Crippen molar-refractivity contribution in [1.82, 2.24) is 0 Å². The quantitative estimate of drug-likeness (QED) is 0.761. The lowest BCUT2D eigenvalue weighted by Gasteiger charge is -2.27. The molecule has 1 atom stereocenters. The van der Waals surface area contributed by atoms with E-state index in [9.17, 15) is 13.2 Å². The number of benzene rings is 1. The molecule has 0 unspecified atom stereocenters. The van der Waals surface area contributed by atoms with E-state index in [4.69, 9.17) is 5.73 Å². The Hall–Kier alpha value is -0.740. The largest absolute Gasteiger partial charge is 0.324 e. The molecule has 0 aromatic heterocycles. The summed E-state index contributed by atoms with van der Waals surface area (Å²) in [7, 11) is 0. The van der Waals surface area contributed by atoms with Gasteiger partial charge in [-0.2, -0.15) is 0 Å². The highest BCUT2D eigenvalue weighted by Gasteiger charge is 2.24. The zero-order valence-electron chi connectivity index (χ0n) is 9.35. The van der Waals surface area contributed by atoms with Gasteiger partial charge in [0.25, 0.3) is 0 Å². The molecule has 16 heavy (non-hydrogen) atoms. The van der Waals surface area contributed by atoms with Gasteiger partial charge in [0, 0.05) is 6.04 Å². The minimum atomic E-state index is -1.46. The maximum absolute atomic E-state index is 12.9. The number of halogens is 4. The fraction of sp³-hybridized carbons (Fsp3) is 0.455. The van der Waals surface area contributed by atoms with Crippen LogP contribution >= 0.6 is 12.4 Å². The minimum absolute atomic E-state index is 0. The van der Waals surface area contributed by atoms with E-state index >= 15 is 0 Å². The van der Waals surface area contributed by atoms with Gasteiger partial charge in [0.2, 0.25) is 0 Å². The second-order valence-corrected chi connectivity index (χ2v) is 4.64. The molecule has 0 fully saturated rings. The van der Waals surface area contributed by atoms with Crippen LogP contribution < -0.4 is 5.73 Å². The maximum Gasteiger partial charge on any atom is 0.194 e. The SMILES string of the molecule is CC(C)(C)[C@@H](N)c1cc(F)c(F)c(F)c1.Cl. The molecule has 1 nitrogen and oxygen atoms in total. The van der Waals surface area contributed by atoms with Crippen LogP contribution in [0, 0.1) is 22.9 Å². The van der Waals surface area contributed by atoms with Crippen LogP contribution in [0.5, 0.6) is 0 Å². The summed E-state index contributed by atoms with van der Waals surface area (Å²) in [6, 6.07) is 1.34. The predicted octanol–water partition coefficient (Wildman–Crippen LogP) is 3.57. The lowest BCUT2D eigenvalue weighted by Crippen LogP contribution is -2.26. The topological polar surface area (TPSA) is 26.0 Å². The summed E-state index contributed by atoms with van der Waals surface area (Å²) in [5, 5.41) is 0. The van der Waals surface area contributed by atoms with Crippen molar-refractivity contribution < 1.29 is 13.2 Å². The van der Waals surface area contributed by atoms with Gasteiger partial charge in [0.1, 0.15) is 0 Å². The van der Waals surface area contributed by atoms with Crippen molar-refractivity contribution in [3.63, 3.8) is 0 Å². The van der Waals surface area contributed by atoms with E-state index < -0.39 is 23.5 Å². The Morgan fingerprint density at radius 3 is 1.75 bits per heavy atom. The second-order valence-electron chi connectivity index (χ2n) is 4.64. The van der Waals surface area contributed by atoms with Crippen molar-refractivity contribution in [1.29, 1.82) is 0 Å². The molecule has 1 rings (SSSR count). The Morgan fingerprint density at radius 1 is 1.06 bits per heavy atom. The van der Waals surface area contributed by atoms with Gasteiger partial charge in [-0.3, -0.25) is 0 Å². The Morgan fingerprint density at radius 2 is 1.44 bits per heavy atom. The molecule has 0 saturated carbocycles. The lowest BCUT2D eigenvalue weighted by molar-refractivity contribution is 0.323. The van der Waals surface area contributed by atoms with Gasteiger partial charge in [0.15, 0.2) is 17.5 Å². The second kappa shape index (κ2) is 5.06. The summed E-state index contributed by atoms with van der Waals surface area (Å²) in [6.45, 7) is 5.53. The Labute approximate surface area is 99.2 Å². The highest BCUT2D eigenvalue weighted by atomic mass is 35.5. The van der Waals surface area contributed by atoms with E-state index in [2.05, 4.69) is 0 Å². The average molecular weight is 254 g/mol. The monoisotopic (exact) mass is 253 g/mol. The molecular weight excluding hydrogens is 239 g/mol. The lowest BCUT2D eigenvalue weighted by atomic mass is 9.83. The first-order chi connectivity index (χ1) is 6.73. The van der Waals surface area contributed by atoms with E-state index in [0.717, 1.165) is 12.1 Å². The number of rotatable bonds is 1. The van der Waals surface area contributed by atoms with Crippen molar-refractivity contribution in [2.24, 2.45) is 11.1 Å². The molecule has 2 N–H and O–H groups in total. The van der Waals surface area contributed by atoms with Crippen LogP contribution in [-0.4, -0.2) is 0 Å². The highest BCUT2D eigenvalue weighted by molar-refractivity contribution is 5.85. The first-order valence-electron chi connectivity index (χ1n) is 4.63. The normalized spacial score (nSPS) is 13.2. The molecule has 0 aliphatic rings.